The molecule has 0 spiro atoms. The minimum atomic E-state index is -0.679. The number of rotatable bonds is 6. The highest BCUT2D eigenvalue weighted by molar-refractivity contribution is 7.84. The molecule has 0 amide bonds. The molecule has 0 saturated heterocycles. The summed E-state index contributed by atoms with van der Waals surface area (Å²) in [5, 5.41) is 3.46. The minimum Gasteiger partial charge on any atom is -0.310 e. The largest absolute Gasteiger partial charge is 0.310 e. The van der Waals surface area contributed by atoms with Crippen LogP contribution in [-0.2, 0) is 17.3 Å². The third kappa shape index (κ3) is 4.90. The highest BCUT2D eigenvalue weighted by Crippen LogP contribution is 2.07. The lowest BCUT2D eigenvalue weighted by atomic mass is 10.1. The summed E-state index contributed by atoms with van der Waals surface area (Å²) in [5.74, 6) is 0.780. The average Bonchev–Trinajstić information content (AvgIpc) is 2.25. The molecule has 1 aromatic rings. The Balaban J connectivity index is 2.34. The summed E-state index contributed by atoms with van der Waals surface area (Å²) in [6.45, 7) is 5.16. The lowest BCUT2D eigenvalue weighted by Crippen LogP contribution is -2.27. The zero-order chi connectivity index (χ0) is 12.0. The third-order valence-electron chi connectivity index (χ3n) is 2.74. The molecule has 0 aromatic heterocycles. The van der Waals surface area contributed by atoms with Crippen molar-refractivity contribution < 1.29 is 4.21 Å². The van der Waals surface area contributed by atoms with Crippen LogP contribution in [0.2, 0.25) is 0 Å². The van der Waals surface area contributed by atoms with Crippen molar-refractivity contribution in [2.75, 3.05) is 12.0 Å². The van der Waals surface area contributed by atoms with E-state index >= 15 is 0 Å². The minimum absolute atomic E-state index is 0.420. The van der Waals surface area contributed by atoms with Gasteiger partial charge in [0.2, 0.25) is 0 Å². The highest BCUT2D eigenvalue weighted by atomic mass is 32.2. The van der Waals surface area contributed by atoms with Crippen molar-refractivity contribution in [3.8, 4) is 0 Å². The Labute approximate surface area is 101 Å². The Morgan fingerprint density at radius 2 is 2.06 bits per heavy atom. The van der Waals surface area contributed by atoms with Crippen LogP contribution in [-0.4, -0.2) is 22.3 Å². The first-order valence-corrected chi connectivity index (χ1v) is 7.40. The molecule has 0 bridgehead atoms. The first-order chi connectivity index (χ1) is 7.59. The van der Waals surface area contributed by atoms with Crippen LogP contribution in [0.15, 0.2) is 24.3 Å². The highest BCUT2D eigenvalue weighted by Gasteiger charge is 2.03. The van der Waals surface area contributed by atoms with Crippen LogP contribution in [0.5, 0.6) is 0 Å². The summed E-state index contributed by atoms with van der Waals surface area (Å²) in [4.78, 5) is 0. The summed E-state index contributed by atoms with van der Waals surface area (Å²) in [6.07, 6.45) is 2.73. The van der Waals surface area contributed by atoms with Gasteiger partial charge in [-0.2, -0.15) is 0 Å². The third-order valence-corrected chi connectivity index (χ3v) is 3.55. The Bertz CT molecular complexity index is 352. The molecule has 2 nitrogen and oxygen atoms in total. The predicted octanol–water partition coefficient (Wildman–Crippen LogP) is 2.24. The second kappa shape index (κ2) is 6.81. The van der Waals surface area contributed by atoms with E-state index in [9.17, 15) is 4.21 Å². The zero-order valence-corrected chi connectivity index (χ0v) is 11.1. The van der Waals surface area contributed by atoms with Gasteiger partial charge in [0.25, 0.3) is 0 Å². The van der Waals surface area contributed by atoms with E-state index in [0.717, 1.165) is 18.7 Å². The first kappa shape index (κ1) is 13.4. The molecule has 2 atom stereocenters. The van der Waals surface area contributed by atoms with Crippen LogP contribution < -0.4 is 5.32 Å². The number of aryl methyl sites for hydroxylation is 1. The molecule has 0 radical (unpaired) electrons. The van der Waals surface area contributed by atoms with Gasteiger partial charge in [-0.05, 0) is 31.4 Å². The predicted molar refractivity (Wildman–Crippen MR) is 71.0 cm³/mol. The van der Waals surface area contributed by atoms with E-state index in [1.807, 2.05) is 0 Å². The number of hydrogen-bond acceptors (Lipinski definition) is 2. The van der Waals surface area contributed by atoms with Crippen molar-refractivity contribution in [2.24, 2.45) is 0 Å². The number of nitrogens with one attached hydrogen (secondary N) is 1. The average molecular weight is 239 g/mol. The second-order valence-electron chi connectivity index (χ2n) is 4.27. The monoisotopic (exact) mass is 239 g/mol. The molecule has 90 valence electrons. The molecule has 3 heteroatoms. The molecule has 0 aliphatic heterocycles. The van der Waals surface area contributed by atoms with Crippen molar-refractivity contribution in [1.29, 1.82) is 0 Å². The maximum absolute atomic E-state index is 11.0. The van der Waals surface area contributed by atoms with Crippen LogP contribution >= 0.6 is 0 Å². The van der Waals surface area contributed by atoms with Crippen LogP contribution in [0.4, 0.5) is 0 Å². The SMILES string of the molecule is Cc1ccccc1CNC(C)CCS(C)=O. The fourth-order valence-corrected chi connectivity index (χ4v) is 2.22. The summed E-state index contributed by atoms with van der Waals surface area (Å²) < 4.78 is 11.0. The summed E-state index contributed by atoms with van der Waals surface area (Å²) in [7, 11) is -0.679. The molecule has 2 unspecified atom stereocenters. The Hall–Kier alpha value is -0.670. The maximum atomic E-state index is 11.0. The van der Waals surface area contributed by atoms with Gasteiger partial charge in [0, 0.05) is 35.4 Å². The smallest absolute Gasteiger partial charge is 0.0246 e. The normalized spacial score (nSPS) is 14.7. The van der Waals surface area contributed by atoms with Gasteiger partial charge in [-0.3, -0.25) is 4.21 Å². The van der Waals surface area contributed by atoms with E-state index in [1.54, 1.807) is 6.26 Å². The van der Waals surface area contributed by atoms with Crippen LogP contribution in [0, 0.1) is 6.92 Å². The fourth-order valence-electron chi connectivity index (χ4n) is 1.54. The molecule has 1 rings (SSSR count). The van der Waals surface area contributed by atoms with Crippen molar-refractivity contribution in [3.05, 3.63) is 35.4 Å². The maximum Gasteiger partial charge on any atom is 0.0246 e. The van der Waals surface area contributed by atoms with Gasteiger partial charge in [0.15, 0.2) is 0 Å². The Kier molecular flexibility index (Phi) is 5.71. The van der Waals surface area contributed by atoms with Crippen molar-refractivity contribution in [2.45, 2.75) is 32.9 Å². The Morgan fingerprint density at radius 1 is 1.38 bits per heavy atom. The molecular weight excluding hydrogens is 218 g/mol. The zero-order valence-electron chi connectivity index (χ0n) is 10.3. The molecule has 1 aromatic carbocycles. The topological polar surface area (TPSA) is 29.1 Å². The van der Waals surface area contributed by atoms with E-state index in [2.05, 4.69) is 43.4 Å². The van der Waals surface area contributed by atoms with E-state index < -0.39 is 10.8 Å². The van der Waals surface area contributed by atoms with Crippen molar-refractivity contribution in [3.63, 3.8) is 0 Å². The molecule has 0 aliphatic carbocycles. The van der Waals surface area contributed by atoms with Gasteiger partial charge in [-0.1, -0.05) is 24.3 Å². The second-order valence-corrected chi connectivity index (χ2v) is 5.83. The van der Waals surface area contributed by atoms with Gasteiger partial charge < -0.3 is 5.32 Å². The summed E-state index contributed by atoms with van der Waals surface area (Å²) >= 11 is 0. The van der Waals surface area contributed by atoms with Crippen LogP contribution in [0.3, 0.4) is 0 Å². The summed E-state index contributed by atoms with van der Waals surface area (Å²) in [5.41, 5.74) is 2.66. The molecular formula is C13H21NOS. The van der Waals surface area contributed by atoms with E-state index in [1.165, 1.54) is 11.1 Å². The van der Waals surface area contributed by atoms with E-state index in [4.69, 9.17) is 0 Å². The fraction of sp³-hybridized carbons (Fsp3) is 0.538. The quantitative estimate of drug-likeness (QED) is 0.825. The van der Waals surface area contributed by atoms with Crippen LogP contribution in [0.25, 0.3) is 0 Å². The molecule has 1 N–H and O–H groups in total. The molecule has 0 heterocycles. The lowest BCUT2D eigenvalue weighted by molar-refractivity contribution is 0.534. The molecule has 16 heavy (non-hydrogen) atoms. The van der Waals surface area contributed by atoms with E-state index in [0.29, 0.717) is 6.04 Å². The number of benzene rings is 1. The van der Waals surface area contributed by atoms with Gasteiger partial charge >= 0.3 is 0 Å². The Morgan fingerprint density at radius 3 is 2.69 bits per heavy atom. The van der Waals surface area contributed by atoms with Gasteiger partial charge in [-0.25, -0.2) is 0 Å². The van der Waals surface area contributed by atoms with E-state index in [-0.39, 0.29) is 0 Å². The van der Waals surface area contributed by atoms with Crippen LogP contribution in [0.1, 0.15) is 24.5 Å². The standard InChI is InChI=1S/C13H21NOS/c1-11-6-4-5-7-13(11)10-14-12(2)8-9-16(3)15/h4-7,12,14H,8-10H2,1-3H3. The molecule has 0 aliphatic rings. The van der Waals surface area contributed by atoms with Gasteiger partial charge in [0.1, 0.15) is 0 Å². The van der Waals surface area contributed by atoms with Gasteiger partial charge in [0.05, 0.1) is 0 Å². The molecule has 0 fully saturated rings. The van der Waals surface area contributed by atoms with Crippen molar-refractivity contribution in [1.82, 2.24) is 5.32 Å². The number of hydrogen-bond donors (Lipinski definition) is 1. The van der Waals surface area contributed by atoms with Gasteiger partial charge in [-0.15, -0.1) is 0 Å². The van der Waals surface area contributed by atoms with Crippen molar-refractivity contribution >= 4 is 10.8 Å². The molecule has 0 saturated carbocycles. The first-order valence-electron chi connectivity index (χ1n) is 5.67. The summed E-state index contributed by atoms with van der Waals surface area (Å²) in [6, 6.07) is 8.82. The lowest BCUT2D eigenvalue weighted by Gasteiger charge is -2.14.